The molecule has 0 saturated carbocycles. The van der Waals surface area contributed by atoms with Crippen molar-refractivity contribution >= 4 is 23.2 Å². The Morgan fingerprint density at radius 1 is 1.11 bits per heavy atom. The monoisotopic (exact) mass is 280 g/mol. The number of rotatable bonds is 3. The third-order valence-corrected chi connectivity index (χ3v) is 3.43. The van der Waals surface area contributed by atoms with Crippen molar-refractivity contribution in [2.75, 3.05) is 0 Å². The number of hydrogen-bond donors (Lipinski definition) is 0. The lowest BCUT2D eigenvalue weighted by Crippen LogP contribution is -2.00. The summed E-state index contributed by atoms with van der Waals surface area (Å²) in [5, 5.41) is 1.18. The first kappa shape index (κ1) is 13.3. The minimum Gasteiger partial charge on any atom is -0.232 e. The van der Waals surface area contributed by atoms with Crippen LogP contribution in [0.4, 0.5) is 0 Å². The van der Waals surface area contributed by atoms with E-state index in [0.717, 1.165) is 35.5 Å². The fourth-order valence-electron chi connectivity index (χ4n) is 1.78. The molecule has 0 aliphatic carbocycles. The molecule has 0 aliphatic rings. The van der Waals surface area contributed by atoms with E-state index < -0.39 is 0 Å². The van der Waals surface area contributed by atoms with Crippen LogP contribution in [0.2, 0.25) is 10.2 Å². The molecule has 0 aliphatic heterocycles. The van der Waals surface area contributed by atoms with Gasteiger partial charge in [-0.05, 0) is 19.4 Å². The normalized spacial score (nSPS) is 10.7. The average molecular weight is 281 g/mol. The zero-order valence-electron chi connectivity index (χ0n) is 10.4. The van der Waals surface area contributed by atoms with Crippen LogP contribution in [0.1, 0.15) is 24.7 Å². The third-order valence-electron chi connectivity index (χ3n) is 2.74. The average Bonchev–Trinajstić information content (AvgIpc) is 2.35. The highest BCUT2D eigenvalue weighted by molar-refractivity contribution is 6.33. The molecule has 0 saturated heterocycles. The van der Waals surface area contributed by atoms with Crippen molar-refractivity contribution in [1.82, 2.24) is 9.97 Å². The van der Waals surface area contributed by atoms with Crippen LogP contribution < -0.4 is 0 Å². The Bertz CT molecular complexity index is 568. The zero-order valence-corrected chi connectivity index (χ0v) is 11.9. The van der Waals surface area contributed by atoms with Crippen LogP contribution in [0.5, 0.6) is 0 Å². The van der Waals surface area contributed by atoms with E-state index in [1.54, 1.807) is 0 Å². The lowest BCUT2D eigenvalue weighted by Gasteiger charge is -2.10. The van der Waals surface area contributed by atoms with E-state index in [0.29, 0.717) is 10.2 Å². The largest absolute Gasteiger partial charge is 0.232 e. The third kappa shape index (κ3) is 2.65. The van der Waals surface area contributed by atoms with Crippen molar-refractivity contribution in [3.05, 3.63) is 45.8 Å². The van der Waals surface area contributed by atoms with Gasteiger partial charge in [0.25, 0.3) is 0 Å². The van der Waals surface area contributed by atoms with E-state index in [2.05, 4.69) is 16.9 Å². The Kier molecular flexibility index (Phi) is 4.20. The first-order chi connectivity index (χ1) is 8.63. The number of hydrogen-bond acceptors (Lipinski definition) is 2. The van der Waals surface area contributed by atoms with E-state index in [9.17, 15) is 0 Å². The zero-order chi connectivity index (χ0) is 13.1. The van der Waals surface area contributed by atoms with E-state index in [4.69, 9.17) is 23.2 Å². The van der Waals surface area contributed by atoms with Gasteiger partial charge < -0.3 is 0 Å². The molecule has 0 amide bonds. The lowest BCUT2D eigenvalue weighted by molar-refractivity contribution is 0.833. The summed E-state index contributed by atoms with van der Waals surface area (Å²) in [5.74, 6) is 0.767. The van der Waals surface area contributed by atoms with Gasteiger partial charge in [-0.2, -0.15) is 0 Å². The molecule has 1 aromatic heterocycles. The molecular formula is C14H14Cl2N2. The molecule has 1 heterocycles. The lowest BCUT2D eigenvalue weighted by atomic mass is 10.1. The van der Waals surface area contributed by atoms with Gasteiger partial charge in [-0.15, -0.1) is 0 Å². The molecule has 0 spiro atoms. The highest BCUT2D eigenvalue weighted by Gasteiger charge is 2.13. The van der Waals surface area contributed by atoms with Crippen molar-refractivity contribution in [3.63, 3.8) is 0 Å². The maximum Gasteiger partial charge on any atom is 0.136 e. The number of nitrogens with zero attached hydrogens (tertiary/aromatic N) is 2. The summed E-state index contributed by atoms with van der Waals surface area (Å²) in [7, 11) is 0. The molecule has 2 aromatic rings. The fourth-order valence-corrected chi connectivity index (χ4v) is 2.20. The summed E-state index contributed by atoms with van der Waals surface area (Å²) in [5.41, 5.74) is 2.59. The quantitative estimate of drug-likeness (QED) is 0.761. The van der Waals surface area contributed by atoms with Crippen molar-refractivity contribution in [3.8, 4) is 11.3 Å². The van der Waals surface area contributed by atoms with E-state index in [1.807, 2.05) is 31.2 Å². The predicted molar refractivity (Wildman–Crippen MR) is 76.2 cm³/mol. The van der Waals surface area contributed by atoms with E-state index in [-0.39, 0.29) is 0 Å². The van der Waals surface area contributed by atoms with Crippen LogP contribution in [0.3, 0.4) is 0 Å². The van der Waals surface area contributed by atoms with Gasteiger partial charge in [-0.25, -0.2) is 9.97 Å². The number of aryl methyl sites for hydroxylation is 1. The molecule has 18 heavy (non-hydrogen) atoms. The fraction of sp³-hybridized carbons (Fsp3) is 0.286. The van der Waals surface area contributed by atoms with Crippen molar-refractivity contribution in [1.29, 1.82) is 0 Å². The van der Waals surface area contributed by atoms with Gasteiger partial charge in [0, 0.05) is 22.6 Å². The highest BCUT2D eigenvalue weighted by Crippen LogP contribution is 2.31. The Labute approximate surface area is 117 Å². The number of benzene rings is 1. The van der Waals surface area contributed by atoms with Crippen LogP contribution in [0, 0.1) is 6.92 Å². The van der Waals surface area contributed by atoms with Gasteiger partial charge in [0.1, 0.15) is 11.0 Å². The molecule has 0 atom stereocenters. The number of aromatic nitrogens is 2. The first-order valence-corrected chi connectivity index (χ1v) is 6.67. The van der Waals surface area contributed by atoms with Crippen molar-refractivity contribution in [2.45, 2.75) is 26.7 Å². The second-order valence-corrected chi connectivity index (χ2v) is 4.90. The molecule has 0 unspecified atom stereocenters. The predicted octanol–water partition coefficient (Wildman–Crippen LogP) is 4.71. The van der Waals surface area contributed by atoms with Gasteiger partial charge in [-0.3, -0.25) is 0 Å². The Morgan fingerprint density at radius 2 is 1.83 bits per heavy atom. The van der Waals surface area contributed by atoms with Crippen molar-refractivity contribution in [2.24, 2.45) is 0 Å². The molecule has 2 nitrogen and oxygen atoms in total. The topological polar surface area (TPSA) is 25.8 Å². The van der Waals surface area contributed by atoms with Gasteiger partial charge in [-0.1, -0.05) is 48.3 Å². The standard InChI is InChI=1S/C14H14Cl2N2/c1-3-6-12-17-13(9(2)14(16)18-12)10-7-4-5-8-11(10)15/h4-5,7-8H,3,6H2,1-2H3. The van der Waals surface area contributed by atoms with Gasteiger partial charge in [0.2, 0.25) is 0 Å². The first-order valence-electron chi connectivity index (χ1n) is 5.91. The molecular weight excluding hydrogens is 267 g/mol. The summed E-state index contributed by atoms with van der Waals surface area (Å²) >= 11 is 12.4. The summed E-state index contributed by atoms with van der Waals surface area (Å²) in [6, 6.07) is 7.64. The Balaban J connectivity index is 2.59. The molecule has 2 rings (SSSR count). The molecule has 0 bridgehead atoms. The molecule has 0 fully saturated rings. The Morgan fingerprint density at radius 3 is 2.50 bits per heavy atom. The molecule has 0 radical (unpaired) electrons. The smallest absolute Gasteiger partial charge is 0.136 e. The molecule has 4 heteroatoms. The van der Waals surface area contributed by atoms with Gasteiger partial charge in [0.05, 0.1) is 5.69 Å². The van der Waals surface area contributed by atoms with E-state index in [1.165, 1.54) is 0 Å². The summed E-state index contributed by atoms with van der Waals surface area (Å²) < 4.78 is 0. The number of halogens is 2. The Hall–Kier alpha value is -1.12. The SMILES string of the molecule is CCCc1nc(Cl)c(C)c(-c2ccccc2Cl)n1. The van der Waals surface area contributed by atoms with Crippen LogP contribution in [0.25, 0.3) is 11.3 Å². The minimum absolute atomic E-state index is 0.503. The van der Waals surface area contributed by atoms with Gasteiger partial charge in [0.15, 0.2) is 0 Å². The van der Waals surface area contributed by atoms with Crippen LogP contribution in [-0.2, 0) is 6.42 Å². The van der Waals surface area contributed by atoms with Crippen LogP contribution in [0.15, 0.2) is 24.3 Å². The highest BCUT2D eigenvalue weighted by atomic mass is 35.5. The van der Waals surface area contributed by atoms with E-state index >= 15 is 0 Å². The molecule has 94 valence electrons. The van der Waals surface area contributed by atoms with Crippen LogP contribution in [-0.4, -0.2) is 9.97 Å². The second kappa shape index (κ2) is 5.68. The summed E-state index contributed by atoms with van der Waals surface area (Å²) in [6.45, 7) is 4.00. The maximum absolute atomic E-state index is 6.21. The molecule has 1 aromatic carbocycles. The van der Waals surface area contributed by atoms with Crippen molar-refractivity contribution < 1.29 is 0 Å². The second-order valence-electron chi connectivity index (χ2n) is 4.13. The van der Waals surface area contributed by atoms with Crippen LogP contribution >= 0.6 is 23.2 Å². The maximum atomic E-state index is 6.21. The summed E-state index contributed by atoms with van der Waals surface area (Å²) in [4.78, 5) is 8.86. The molecule has 0 N–H and O–H groups in total. The summed E-state index contributed by atoms with van der Waals surface area (Å²) in [6.07, 6.45) is 1.80. The minimum atomic E-state index is 0.503. The van der Waals surface area contributed by atoms with Gasteiger partial charge >= 0.3 is 0 Å².